The normalized spacial score (nSPS) is 21.7. The Labute approximate surface area is 126 Å². The lowest BCUT2D eigenvalue weighted by atomic mass is 9.99. The summed E-state index contributed by atoms with van der Waals surface area (Å²) in [5, 5.41) is 6.49. The van der Waals surface area contributed by atoms with E-state index in [1.807, 2.05) is 18.2 Å². The Kier molecular flexibility index (Phi) is 5.44. The predicted molar refractivity (Wildman–Crippen MR) is 81.9 cm³/mol. The molecule has 0 aliphatic carbocycles. The second kappa shape index (κ2) is 7.31. The molecule has 5 nitrogen and oxygen atoms in total. The zero-order chi connectivity index (χ0) is 15.2. The van der Waals surface area contributed by atoms with Crippen molar-refractivity contribution in [2.75, 3.05) is 20.8 Å². The summed E-state index contributed by atoms with van der Waals surface area (Å²) >= 11 is 0. The fraction of sp³-hybridized carbons (Fsp3) is 0.562. The Hall–Kier alpha value is -1.75. The minimum absolute atomic E-state index is 0.00153. The molecule has 1 fully saturated rings. The standard InChI is InChI=1S/C16H24N2O3/c1-11-13(6-5-9-17-11)18-16(19)10-12-14(20-2)7-4-8-15(12)21-3/h4,7-8,11,13,17H,5-6,9-10H2,1-3H3,(H,18,19). The predicted octanol–water partition coefficient (Wildman–Crippen LogP) is 1.50. The number of rotatable bonds is 5. The van der Waals surface area contributed by atoms with Gasteiger partial charge in [0, 0.05) is 17.6 Å². The average Bonchev–Trinajstić information content (AvgIpc) is 2.49. The van der Waals surface area contributed by atoms with Gasteiger partial charge in [0.15, 0.2) is 0 Å². The van der Waals surface area contributed by atoms with Gasteiger partial charge >= 0.3 is 0 Å². The number of ether oxygens (including phenoxy) is 2. The fourth-order valence-corrected chi connectivity index (χ4v) is 2.76. The number of hydrogen-bond donors (Lipinski definition) is 2. The lowest BCUT2D eigenvalue weighted by molar-refractivity contribution is -0.121. The van der Waals surface area contributed by atoms with E-state index in [9.17, 15) is 4.79 Å². The Balaban J connectivity index is 2.05. The Morgan fingerprint density at radius 1 is 1.33 bits per heavy atom. The van der Waals surface area contributed by atoms with Crippen molar-refractivity contribution in [1.82, 2.24) is 10.6 Å². The lowest BCUT2D eigenvalue weighted by Gasteiger charge is -2.30. The van der Waals surface area contributed by atoms with Crippen molar-refractivity contribution in [2.24, 2.45) is 0 Å². The maximum absolute atomic E-state index is 12.3. The number of carbonyl (C=O) groups excluding carboxylic acids is 1. The van der Waals surface area contributed by atoms with E-state index in [1.165, 1.54) is 0 Å². The first-order chi connectivity index (χ1) is 10.2. The Morgan fingerprint density at radius 3 is 2.57 bits per heavy atom. The minimum Gasteiger partial charge on any atom is -0.496 e. The number of benzene rings is 1. The van der Waals surface area contributed by atoms with Crippen LogP contribution in [0, 0.1) is 0 Å². The first-order valence-corrected chi connectivity index (χ1v) is 7.38. The molecule has 1 amide bonds. The molecule has 1 aliphatic heterocycles. The summed E-state index contributed by atoms with van der Waals surface area (Å²) in [7, 11) is 3.20. The molecule has 1 saturated heterocycles. The molecule has 1 aromatic carbocycles. The highest BCUT2D eigenvalue weighted by molar-refractivity contribution is 5.80. The van der Waals surface area contributed by atoms with Gasteiger partial charge in [-0.15, -0.1) is 0 Å². The fourth-order valence-electron chi connectivity index (χ4n) is 2.76. The molecule has 0 spiro atoms. The van der Waals surface area contributed by atoms with Gasteiger partial charge in [0.1, 0.15) is 11.5 Å². The SMILES string of the molecule is COc1cccc(OC)c1CC(=O)NC1CCCNC1C. The van der Waals surface area contributed by atoms with Gasteiger partial charge in [0.2, 0.25) is 5.91 Å². The minimum atomic E-state index is -0.00153. The van der Waals surface area contributed by atoms with Gasteiger partial charge in [-0.1, -0.05) is 6.07 Å². The quantitative estimate of drug-likeness (QED) is 0.863. The molecule has 0 saturated carbocycles. The van der Waals surface area contributed by atoms with Gasteiger partial charge in [0.25, 0.3) is 0 Å². The molecule has 1 aromatic rings. The third kappa shape index (κ3) is 3.88. The number of hydrogen-bond acceptors (Lipinski definition) is 4. The number of nitrogens with one attached hydrogen (secondary N) is 2. The molecule has 0 bridgehead atoms. The van der Waals surface area contributed by atoms with Crippen LogP contribution in [0.2, 0.25) is 0 Å². The molecule has 21 heavy (non-hydrogen) atoms. The van der Waals surface area contributed by atoms with Crippen LogP contribution in [0.1, 0.15) is 25.3 Å². The molecule has 2 atom stereocenters. The first-order valence-electron chi connectivity index (χ1n) is 7.38. The highest BCUT2D eigenvalue weighted by Gasteiger charge is 2.23. The van der Waals surface area contributed by atoms with Crippen molar-refractivity contribution in [3.05, 3.63) is 23.8 Å². The van der Waals surface area contributed by atoms with Gasteiger partial charge in [-0.25, -0.2) is 0 Å². The monoisotopic (exact) mass is 292 g/mol. The van der Waals surface area contributed by atoms with Crippen LogP contribution in [0.3, 0.4) is 0 Å². The van der Waals surface area contributed by atoms with Crippen molar-refractivity contribution < 1.29 is 14.3 Å². The topological polar surface area (TPSA) is 59.6 Å². The van der Waals surface area contributed by atoms with Gasteiger partial charge in [0.05, 0.1) is 20.6 Å². The van der Waals surface area contributed by atoms with E-state index in [4.69, 9.17) is 9.47 Å². The number of amides is 1. The summed E-state index contributed by atoms with van der Waals surface area (Å²) in [5.41, 5.74) is 0.788. The van der Waals surface area contributed by atoms with Crippen LogP contribution in [0.15, 0.2) is 18.2 Å². The van der Waals surface area contributed by atoms with E-state index in [0.717, 1.165) is 24.9 Å². The maximum Gasteiger partial charge on any atom is 0.224 e. The molecule has 116 valence electrons. The van der Waals surface area contributed by atoms with Gasteiger partial charge in [-0.05, 0) is 38.4 Å². The van der Waals surface area contributed by atoms with E-state index in [1.54, 1.807) is 14.2 Å². The number of piperidine rings is 1. The van der Waals surface area contributed by atoms with Crippen molar-refractivity contribution in [2.45, 2.75) is 38.3 Å². The summed E-state index contributed by atoms with van der Waals surface area (Å²) in [6.07, 6.45) is 2.37. The second-order valence-corrected chi connectivity index (χ2v) is 5.38. The van der Waals surface area contributed by atoms with Crippen LogP contribution in [0.25, 0.3) is 0 Å². The van der Waals surface area contributed by atoms with Gasteiger partial charge in [-0.2, -0.15) is 0 Å². The van der Waals surface area contributed by atoms with Crippen molar-refractivity contribution >= 4 is 5.91 Å². The zero-order valence-electron chi connectivity index (χ0n) is 12.9. The molecule has 2 unspecified atom stereocenters. The summed E-state index contributed by atoms with van der Waals surface area (Å²) in [4.78, 5) is 12.3. The lowest BCUT2D eigenvalue weighted by Crippen LogP contribution is -2.52. The van der Waals surface area contributed by atoms with Crippen molar-refractivity contribution in [3.63, 3.8) is 0 Å². The molecule has 5 heteroatoms. The average molecular weight is 292 g/mol. The van der Waals surface area contributed by atoms with Gasteiger partial charge < -0.3 is 20.1 Å². The Morgan fingerprint density at radius 2 is 2.00 bits per heavy atom. The van der Waals surface area contributed by atoms with E-state index in [0.29, 0.717) is 17.5 Å². The van der Waals surface area contributed by atoms with Crippen LogP contribution in [-0.2, 0) is 11.2 Å². The van der Waals surface area contributed by atoms with Crippen LogP contribution in [-0.4, -0.2) is 38.8 Å². The second-order valence-electron chi connectivity index (χ2n) is 5.38. The highest BCUT2D eigenvalue weighted by atomic mass is 16.5. The Bertz CT molecular complexity index is 468. The van der Waals surface area contributed by atoms with E-state index in [2.05, 4.69) is 17.6 Å². The molecule has 1 aliphatic rings. The zero-order valence-corrected chi connectivity index (χ0v) is 12.9. The molecule has 2 N–H and O–H groups in total. The third-order valence-corrected chi connectivity index (χ3v) is 3.98. The molecular formula is C16H24N2O3. The number of methoxy groups -OCH3 is 2. The molecule has 0 aromatic heterocycles. The third-order valence-electron chi connectivity index (χ3n) is 3.98. The van der Waals surface area contributed by atoms with Crippen LogP contribution in [0.4, 0.5) is 0 Å². The summed E-state index contributed by atoms with van der Waals surface area (Å²) in [6, 6.07) is 6.03. The summed E-state index contributed by atoms with van der Waals surface area (Å²) in [5.74, 6) is 1.36. The van der Waals surface area contributed by atoms with Crippen LogP contribution >= 0.6 is 0 Å². The largest absolute Gasteiger partial charge is 0.496 e. The van der Waals surface area contributed by atoms with Crippen LogP contribution in [0.5, 0.6) is 11.5 Å². The number of carbonyl (C=O) groups is 1. The molecule has 0 radical (unpaired) electrons. The van der Waals surface area contributed by atoms with Crippen molar-refractivity contribution in [3.8, 4) is 11.5 Å². The van der Waals surface area contributed by atoms with E-state index < -0.39 is 0 Å². The van der Waals surface area contributed by atoms with Crippen molar-refractivity contribution in [1.29, 1.82) is 0 Å². The summed E-state index contributed by atoms with van der Waals surface area (Å²) in [6.45, 7) is 3.13. The highest BCUT2D eigenvalue weighted by Crippen LogP contribution is 2.28. The smallest absolute Gasteiger partial charge is 0.224 e. The maximum atomic E-state index is 12.3. The van der Waals surface area contributed by atoms with Crippen LogP contribution < -0.4 is 20.1 Å². The molecule has 2 rings (SSSR count). The first kappa shape index (κ1) is 15.6. The molecular weight excluding hydrogens is 268 g/mol. The van der Waals surface area contributed by atoms with Gasteiger partial charge in [-0.3, -0.25) is 4.79 Å². The van der Waals surface area contributed by atoms with E-state index >= 15 is 0 Å². The van der Waals surface area contributed by atoms with E-state index in [-0.39, 0.29) is 18.4 Å². The summed E-state index contributed by atoms with van der Waals surface area (Å²) < 4.78 is 10.7. The molecule has 1 heterocycles.